The number of imidazole rings is 1. The molecule has 0 saturated carbocycles. The van der Waals surface area contributed by atoms with Gasteiger partial charge in [-0.2, -0.15) is 8.42 Å². The number of nitrogens with one attached hydrogen (secondary N) is 1. The summed E-state index contributed by atoms with van der Waals surface area (Å²) in [6, 6.07) is 3.19. The van der Waals surface area contributed by atoms with Crippen LogP contribution in [0.1, 0.15) is 5.82 Å². The van der Waals surface area contributed by atoms with Crippen LogP contribution in [0.25, 0.3) is 0 Å². The van der Waals surface area contributed by atoms with Crippen LogP contribution in [0.15, 0.2) is 29.6 Å². The maximum atomic E-state index is 12.0. The topological polar surface area (TPSA) is 103 Å². The number of aryl methyl sites for hydroxylation is 2. The molecule has 0 atom stereocenters. The first-order chi connectivity index (χ1) is 8.40. The van der Waals surface area contributed by atoms with Crippen molar-refractivity contribution in [2.24, 2.45) is 7.05 Å². The van der Waals surface area contributed by atoms with Crippen molar-refractivity contribution in [3.05, 3.63) is 30.4 Å². The fourth-order valence-electron chi connectivity index (χ4n) is 1.34. The van der Waals surface area contributed by atoms with Gasteiger partial charge >= 0.3 is 0 Å². The molecular formula is C10H13N5O2S. The van der Waals surface area contributed by atoms with Gasteiger partial charge in [-0.15, -0.1) is 0 Å². The van der Waals surface area contributed by atoms with E-state index >= 15 is 0 Å². The van der Waals surface area contributed by atoms with Crippen LogP contribution in [-0.4, -0.2) is 23.0 Å². The zero-order valence-electron chi connectivity index (χ0n) is 9.95. The Morgan fingerprint density at radius 3 is 2.72 bits per heavy atom. The number of nitrogens with two attached hydrogens (primary N) is 1. The van der Waals surface area contributed by atoms with Gasteiger partial charge in [-0.25, -0.2) is 9.97 Å². The summed E-state index contributed by atoms with van der Waals surface area (Å²) in [5.41, 5.74) is 5.88. The Balaban J connectivity index is 2.36. The summed E-state index contributed by atoms with van der Waals surface area (Å²) in [7, 11) is -2.04. The van der Waals surface area contributed by atoms with Gasteiger partial charge in [-0.1, -0.05) is 0 Å². The minimum atomic E-state index is -3.76. The Labute approximate surface area is 105 Å². The maximum Gasteiger partial charge on any atom is 0.282 e. The van der Waals surface area contributed by atoms with Crippen LogP contribution in [-0.2, 0) is 17.1 Å². The smallest absolute Gasteiger partial charge is 0.282 e. The quantitative estimate of drug-likeness (QED) is 0.843. The average molecular weight is 267 g/mol. The van der Waals surface area contributed by atoms with Crippen LogP contribution in [0.3, 0.4) is 0 Å². The SMILES string of the molecule is Cc1nc(S(=O)(=O)Nc2ncccc2N)cn1C. The number of nitrogens with zero attached hydrogens (tertiary/aromatic N) is 3. The summed E-state index contributed by atoms with van der Waals surface area (Å²) in [6.07, 6.45) is 2.88. The van der Waals surface area contributed by atoms with Crippen molar-refractivity contribution in [3.8, 4) is 0 Å². The van der Waals surface area contributed by atoms with Crippen molar-refractivity contribution in [1.29, 1.82) is 0 Å². The molecule has 0 unspecified atom stereocenters. The zero-order valence-corrected chi connectivity index (χ0v) is 10.8. The van der Waals surface area contributed by atoms with Crippen molar-refractivity contribution in [1.82, 2.24) is 14.5 Å². The van der Waals surface area contributed by atoms with E-state index in [4.69, 9.17) is 5.73 Å². The molecule has 0 aromatic carbocycles. The minimum Gasteiger partial charge on any atom is -0.396 e. The van der Waals surface area contributed by atoms with Crippen LogP contribution in [0, 0.1) is 6.92 Å². The van der Waals surface area contributed by atoms with Gasteiger partial charge in [-0.3, -0.25) is 4.72 Å². The summed E-state index contributed by atoms with van der Waals surface area (Å²) in [5.74, 6) is 0.699. The third-order valence-corrected chi connectivity index (χ3v) is 3.64. The van der Waals surface area contributed by atoms with E-state index in [2.05, 4.69) is 14.7 Å². The molecule has 0 amide bonds. The summed E-state index contributed by atoms with van der Waals surface area (Å²) in [4.78, 5) is 7.82. The molecule has 2 aromatic heterocycles. The molecule has 0 aliphatic heterocycles. The van der Waals surface area contributed by atoms with E-state index in [1.807, 2.05) is 0 Å². The molecule has 0 bridgehead atoms. The molecule has 0 saturated heterocycles. The van der Waals surface area contributed by atoms with E-state index < -0.39 is 10.0 Å². The number of anilines is 2. The highest BCUT2D eigenvalue weighted by Crippen LogP contribution is 2.18. The predicted octanol–water partition coefficient (Wildman–Crippen LogP) is 0.507. The molecule has 3 N–H and O–H groups in total. The molecule has 8 heteroatoms. The third kappa shape index (κ3) is 2.28. The average Bonchev–Trinajstić information content (AvgIpc) is 2.63. The second kappa shape index (κ2) is 4.30. The van der Waals surface area contributed by atoms with E-state index in [9.17, 15) is 8.42 Å². The van der Waals surface area contributed by atoms with Gasteiger partial charge in [0.15, 0.2) is 10.8 Å². The lowest BCUT2D eigenvalue weighted by Crippen LogP contribution is -2.15. The van der Waals surface area contributed by atoms with Gasteiger partial charge in [0.05, 0.1) is 5.69 Å². The molecular weight excluding hydrogens is 254 g/mol. The number of nitrogen functional groups attached to an aromatic ring is 1. The normalized spacial score (nSPS) is 11.4. The van der Waals surface area contributed by atoms with Gasteiger partial charge < -0.3 is 10.3 Å². The lowest BCUT2D eigenvalue weighted by Gasteiger charge is -2.06. The largest absolute Gasteiger partial charge is 0.396 e. The molecule has 2 rings (SSSR count). The first-order valence-electron chi connectivity index (χ1n) is 5.13. The monoisotopic (exact) mass is 267 g/mol. The Morgan fingerprint density at radius 2 is 2.17 bits per heavy atom. The van der Waals surface area contributed by atoms with E-state index in [1.165, 1.54) is 12.4 Å². The van der Waals surface area contributed by atoms with Crippen LogP contribution in [0.5, 0.6) is 0 Å². The Morgan fingerprint density at radius 1 is 1.44 bits per heavy atom. The molecule has 0 radical (unpaired) electrons. The number of aromatic nitrogens is 3. The van der Waals surface area contributed by atoms with Gasteiger partial charge in [-0.05, 0) is 19.1 Å². The van der Waals surface area contributed by atoms with Gasteiger partial charge in [0.25, 0.3) is 10.0 Å². The van der Waals surface area contributed by atoms with Crippen LogP contribution in [0.2, 0.25) is 0 Å². The highest BCUT2D eigenvalue weighted by Gasteiger charge is 2.19. The number of hydrogen-bond acceptors (Lipinski definition) is 5. The van der Waals surface area contributed by atoms with E-state index in [0.29, 0.717) is 5.82 Å². The highest BCUT2D eigenvalue weighted by molar-refractivity contribution is 7.92. The van der Waals surface area contributed by atoms with E-state index in [-0.39, 0.29) is 16.5 Å². The van der Waals surface area contributed by atoms with Crippen molar-refractivity contribution >= 4 is 21.5 Å². The second-order valence-corrected chi connectivity index (χ2v) is 5.41. The van der Waals surface area contributed by atoms with Crippen LogP contribution < -0.4 is 10.5 Å². The summed E-state index contributed by atoms with van der Waals surface area (Å²) < 4.78 is 28.0. The molecule has 2 aromatic rings. The fourth-order valence-corrected chi connectivity index (χ4v) is 2.42. The summed E-state index contributed by atoms with van der Waals surface area (Å²) >= 11 is 0. The maximum absolute atomic E-state index is 12.0. The lowest BCUT2D eigenvalue weighted by atomic mass is 10.4. The fraction of sp³-hybridized carbons (Fsp3) is 0.200. The molecule has 2 heterocycles. The van der Waals surface area contributed by atoms with Crippen molar-refractivity contribution in [2.75, 3.05) is 10.5 Å². The zero-order chi connectivity index (χ0) is 13.3. The van der Waals surface area contributed by atoms with Gasteiger partial charge in [0.1, 0.15) is 5.82 Å². The summed E-state index contributed by atoms with van der Waals surface area (Å²) in [5, 5.41) is -0.0625. The molecule has 96 valence electrons. The second-order valence-electron chi connectivity index (χ2n) is 3.78. The molecule has 7 nitrogen and oxygen atoms in total. The predicted molar refractivity (Wildman–Crippen MR) is 67.4 cm³/mol. The summed E-state index contributed by atoms with van der Waals surface area (Å²) in [6.45, 7) is 1.72. The first kappa shape index (κ1) is 12.4. The van der Waals surface area contributed by atoms with E-state index in [1.54, 1.807) is 30.7 Å². The van der Waals surface area contributed by atoms with Gasteiger partial charge in [0.2, 0.25) is 0 Å². The number of hydrogen-bond donors (Lipinski definition) is 2. The molecule has 0 aliphatic rings. The van der Waals surface area contributed by atoms with Crippen molar-refractivity contribution in [2.45, 2.75) is 11.9 Å². The van der Waals surface area contributed by atoms with Crippen LogP contribution >= 0.6 is 0 Å². The van der Waals surface area contributed by atoms with E-state index in [0.717, 1.165) is 0 Å². The molecule has 18 heavy (non-hydrogen) atoms. The number of rotatable bonds is 3. The van der Waals surface area contributed by atoms with Crippen molar-refractivity contribution in [3.63, 3.8) is 0 Å². The number of sulfonamides is 1. The highest BCUT2D eigenvalue weighted by atomic mass is 32.2. The Kier molecular flexibility index (Phi) is 2.95. The third-order valence-electron chi connectivity index (χ3n) is 2.43. The number of pyridine rings is 1. The first-order valence-corrected chi connectivity index (χ1v) is 6.62. The van der Waals surface area contributed by atoms with Gasteiger partial charge in [0, 0.05) is 19.4 Å². The standard InChI is InChI=1S/C10H13N5O2S/c1-7-13-9(6-15(7)2)18(16,17)14-10-8(11)4-3-5-12-10/h3-6H,11H2,1-2H3,(H,12,14). The minimum absolute atomic E-state index is 0.0625. The Hall–Kier alpha value is -2.09. The molecule has 0 aliphatic carbocycles. The Bertz CT molecular complexity index is 658. The van der Waals surface area contributed by atoms with Crippen molar-refractivity contribution < 1.29 is 8.42 Å². The van der Waals surface area contributed by atoms with Crippen LogP contribution in [0.4, 0.5) is 11.5 Å². The lowest BCUT2D eigenvalue weighted by molar-refractivity contribution is 0.598. The molecule has 0 spiro atoms. The molecule has 0 fully saturated rings.